The molecule has 1 aliphatic heterocycles. The zero-order chi connectivity index (χ0) is 19.5. The van der Waals surface area contributed by atoms with E-state index in [9.17, 15) is 4.79 Å². The van der Waals surface area contributed by atoms with E-state index >= 15 is 0 Å². The standard InChI is InChI=1S/C21H22N4O3/c1-14-7-9-15(10-8-14)19-23-24-20(28-19)16-11-12-25(13-16)21(26)22-17-5-3-4-6-18(17)27-2/h3-10,16H,11-13H2,1-2H3,(H,22,26)/t16-/m0/s1. The molecule has 1 saturated heterocycles. The van der Waals surface area contributed by atoms with E-state index < -0.39 is 0 Å². The van der Waals surface area contributed by atoms with Crippen molar-refractivity contribution in [1.82, 2.24) is 15.1 Å². The van der Waals surface area contributed by atoms with Gasteiger partial charge in [0.2, 0.25) is 11.8 Å². The van der Waals surface area contributed by atoms with Crippen LogP contribution in [-0.2, 0) is 0 Å². The number of nitrogens with zero attached hydrogens (tertiary/aromatic N) is 3. The number of nitrogens with one attached hydrogen (secondary N) is 1. The van der Waals surface area contributed by atoms with Crippen molar-refractivity contribution in [2.24, 2.45) is 0 Å². The van der Waals surface area contributed by atoms with Crippen LogP contribution < -0.4 is 10.1 Å². The van der Waals surface area contributed by atoms with Crippen molar-refractivity contribution in [3.63, 3.8) is 0 Å². The molecule has 7 nitrogen and oxygen atoms in total. The summed E-state index contributed by atoms with van der Waals surface area (Å²) in [6.45, 7) is 3.20. The maximum absolute atomic E-state index is 12.6. The van der Waals surface area contributed by atoms with Gasteiger partial charge >= 0.3 is 6.03 Å². The number of aryl methyl sites for hydroxylation is 1. The van der Waals surface area contributed by atoms with E-state index in [4.69, 9.17) is 9.15 Å². The third kappa shape index (κ3) is 3.69. The predicted molar refractivity (Wildman–Crippen MR) is 105 cm³/mol. The molecule has 1 atom stereocenters. The number of rotatable bonds is 4. The SMILES string of the molecule is COc1ccccc1NC(=O)N1CC[C@H](c2nnc(-c3ccc(C)cc3)o2)C1. The second-order valence-electron chi connectivity index (χ2n) is 6.87. The lowest BCUT2D eigenvalue weighted by Gasteiger charge is -2.18. The van der Waals surface area contributed by atoms with Gasteiger partial charge in [0, 0.05) is 18.7 Å². The lowest BCUT2D eigenvalue weighted by Crippen LogP contribution is -2.32. The number of urea groups is 1. The van der Waals surface area contributed by atoms with Crippen LogP contribution in [0.3, 0.4) is 0 Å². The fourth-order valence-electron chi connectivity index (χ4n) is 3.30. The highest BCUT2D eigenvalue weighted by atomic mass is 16.5. The van der Waals surface area contributed by atoms with Gasteiger partial charge in [0.25, 0.3) is 0 Å². The second-order valence-corrected chi connectivity index (χ2v) is 6.87. The molecule has 4 rings (SSSR count). The average molecular weight is 378 g/mol. The molecule has 0 aliphatic carbocycles. The van der Waals surface area contributed by atoms with Crippen LogP contribution in [0, 0.1) is 6.92 Å². The van der Waals surface area contributed by atoms with Gasteiger partial charge in [0.05, 0.1) is 18.7 Å². The molecule has 1 aliphatic rings. The Kier molecular flexibility index (Phi) is 4.97. The summed E-state index contributed by atoms with van der Waals surface area (Å²) in [5.41, 5.74) is 2.72. The van der Waals surface area contributed by atoms with E-state index in [1.165, 1.54) is 5.56 Å². The zero-order valence-corrected chi connectivity index (χ0v) is 15.9. The van der Waals surface area contributed by atoms with E-state index in [1.54, 1.807) is 12.0 Å². The van der Waals surface area contributed by atoms with Crippen LogP contribution in [0.5, 0.6) is 5.75 Å². The van der Waals surface area contributed by atoms with E-state index in [0.717, 1.165) is 12.0 Å². The molecule has 144 valence electrons. The molecular weight excluding hydrogens is 356 g/mol. The summed E-state index contributed by atoms with van der Waals surface area (Å²) >= 11 is 0. The molecule has 1 aromatic heterocycles. The molecule has 2 aromatic carbocycles. The van der Waals surface area contributed by atoms with Crippen molar-refractivity contribution >= 4 is 11.7 Å². The van der Waals surface area contributed by atoms with E-state index in [1.807, 2.05) is 55.5 Å². The van der Waals surface area contributed by atoms with Gasteiger partial charge in [-0.2, -0.15) is 0 Å². The van der Waals surface area contributed by atoms with Gasteiger partial charge in [-0.1, -0.05) is 29.8 Å². The summed E-state index contributed by atoms with van der Waals surface area (Å²) in [6.07, 6.45) is 0.787. The van der Waals surface area contributed by atoms with Gasteiger partial charge in [-0.05, 0) is 37.6 Å². The quantitative estimate of drug-likeness (QED) is 0.740. The van der Waals surface area contributed by atoms with Crippen molar-refractivity contribution in [3.05, 3.63) is 60.0 Å². The summed E-state index contributed by atoms with van der Waals surface area (Å²) in [7, 11) is 1.58. The number of carbonyl (C=O) groups is 1. The molecule has 2 amide bonds. The smallest absolute Gasteiger partial charge is 0.321 e. The Morgan fingerprint density at radius 2 is 1.96 bits per heavy atom. The van der Waals surface area contributed by atoms with E-state index in [2.05, 4.69) is 15.5 Å². The second kappa shape index (κ2) is 7.72. The molecular formula is C21H22N4O3. The number of anilines is 1. The molecule has 0 spiro atoms. The average Bonchev–Trinajstić information content (AvgIpc) is 3.39. The minimum absolute atomic E-state index is 0.0371. The maximum Gasteiger partial charge on any atom is 0.321 e. The van der Waals surface area contributed by atoms with Gasteiger partial charge < -0.3 is 19.4 Å². The molecule has 2 heterocycles. The van der Waals surface area contributed by atoms with Gasteiger partial charge in [-0.15, -0.1) is 10.2 Å². The van der Waals surface area contributed by atoms with Crippen molar-refractivity contribution in [2.45, 2.75) is 19.3 Å². The summed E-state index contributed by atoms with van der Waals surface area (Å²) < 4.78 is 11.2. The van der Waals surface area contributed by atoms with Crippen LogP contribution in [0.15, 0.2) is 52.9 Å². The zero-order valence-electron chi connectivity index (χ0n) is 15.9. The lowest BCUT2D eigenvalue weighted by atomic mass is 10.1. The Balaban J connectivity index is 1.41. The predicted octanol–water partition coefficient (Wildman–Crippen LogP) is 4.08. The van der Waals surface area contributed by atoms with Gasteiger partial charge in [-0.25, -0.2) is 4.79 Å². The maximum atomic E-state index is 12.6. The summed E-state index contributed by atoms with van der Waals surface area (Å²) in [5, 5.41) is 11.3. The lowest BCUT2D eigenvalue weighted by molar-refractivity contribution is 0.221. The fraction of sp³-hybridized carbons (Fsp3) is 0.286. The Morgan fingerprint density at radius 3 is 2.75 bits per heavy atom. The fourth-order valence-corrected chi connectivity index (χ4v) is 3.30. The van der Waals surface area contributed by atoms with Crippen LogP contribution in [0.4, 0.5) is 10.5 Å². The normalized spacial score (nSPS) is 16.2. The van der Waals surface area contributed by atoms with Gasteiger partial charge in [0.1, 0.15) is 5.75 Å². The summed E-state index contributed by atoms with van der Waals surface area (Å²) in [5.74, 6) is 1.75. The number of amides is 2. The number of benzene rings is 2. The highest BCUT2D eigenvalue weighted by molar-refractivity contribution is 5.91. The molecule has 1 N–H and O–H groups in total. The van der Waals surface area contributed by atoms with Crippen LogP contribution in [-0.4, -0.2) is 41.3 Å². The first-order chi connectivity index (χ1) is 13.6. The number of methoxy groups -OCH3 is 1. The Labute approximate surface area is 163 Å². The number of para-hydroxylation sites is 2. The van der Waals surface area contributed by atoms with Crippen LogP contribution in [0.2, 0.25) is 0 Å². The molecule has 0 saturated carbocycles. The molecule has 28 heavy (non-hydrogen) atoms. The topological polar surface area (TPSA) is 80.5 Å². The first kappa shape index (κ1) is 18.0. The Morgan fingerprint density at radius 1 is 1.18 bits per heavy atom. The summed E-state index contributed by atoms with van der Waals surface area (Å²) in [4.78, 5) is 14.4. The number of aromatic nitrogens is 2. The monoisotopic (exact) mass is 378 g/mol. The molecule has 7 heteroatoms. The highest BCUT2D eigenvalue weighted by Crippen LogP contribution is 2.30. The number of hydrogen-bond acceptors (Lipinski definition) is 5. The van der Waals surface area contributed by atoms with Crippen LogP contribution >= 0.6 is 0 Å². The molecule has 3 aromatic rings. The van der Waals surface area contributed by atoms with Gasteiger partial charge in [-0.3, -0.25) is 0 Å². The molecule has 0 bridgehead atoms. The molecule has 0 unspecified atom stereocenters. The molecule has 1 fully saturated rings. The number of likely N-dealkylation sites (tertiary alicyclic amines) is 1. The van der Waals surface area contributed by atoms with Crippen molar-refractivity contribution < 1.29 is 13.9 Å². The highest BCUT2D eigenvalue weighted by Gasteiger charge is 2.31. The van der Waals surface area contributed by atoms with Crippen LogP contribution in [0.1, 0.15) is 23.8 Å². The van der Waals surface area contributed by atoms with Gasteiger partial charge in [0.15, 0.2) is 0 Å². The number of hydrogen-bond donors (Lipinski definition) is 1. The minimum atomic E-state index is -0.162. The van der Waals surface area contributed by atoms with E-state index in [-0.39, 0.29) is 11.9 Å². The Bertz CT molecular complexity index is 968. The first-order valence-corrected chi connectivity index (χ1v) is 9.23. The van der Waals surface area contributed by atoms with Crippen LogP contribution in [0.25, 0.3) is 11.5 Å². The number of ether oxygens (including phenoxy) is 1. The first-order valence-electron chi connectivity index (χ1n) is 9.23. The Hall–Kier alpha value is -3.35. The largest absolute Gasteiger partial charge is 0.495 e. The number of carbonyl (C=O) groups excluding carboxylic acids is 1. The van der Waals surface area contributed by atoms with E-state index in [0.29, 0.717) is 36.3 Å². The van der Waals surface area contributed by atoms with Crippen molar-refractivity contribution in [3.8, 4) is 17.2 Å². The van der Waals surface area contributed by atoms with Crippen molar-refractivity contribution in [2.75, 3.05) is 25.5 Å². The van der Waals surface area contributed by atoms with Crippen molar-refractivity contribution in [1.29, 1.82) is 0 Å². The molecule has 0 radical (unpaired) electrons. The third-order valence-corrected chi connectivity index (χ3v) is 4.91. The minimum Gasteiger partial charge on any atom is -0.495 e. The third-order valence-electron chi connectivity index (χ3n) is 4.91. The summed E-state index contributed by atoms with van der Waals surface area (Å²) in [6, 6.07) is 15.1.